The molecular weight excluding hydrogens is 210 g/mol. The van der Waals surface area contributed by atoms with E-state index in [4.69, 9.17) is 10.8 Å². The lowest BCUT2D eigenvalue weighted by molar-refractivity contribution is -0.138. The number of amides is 1. The Labute approximate surface area is 95.0 Å². The largest absolute Gasteiger partial charge is 0.481 e. The molecule has 6 nitrogen and oxygen atoms in total. The number of rotatable bonds is 4. The van der Waals surface area contributed by atoms with Crippen molar-refractivity contribution in [1.82, 2.24) is 9.80 Å². The Morgan fingerprint density at radius 3 is 2.31 bits per heavy atom. The van der Waals surface area contributed by atoms with E-state index in [9.17, 15) is 9.59 Å². The molecule has 0 unspecified atom stereocenters. The molecule has 0 aromatic carbocycles. The van der Waals surface area contributed by atoms with E-state index in [1.54, 1.807) is 11.8 Å². The Balaban J connectivity index is 2.28. The quantitative estimate of drug-likeness (QED) is 0.642. The third-order valence-electron chi connectivity index (χ3n) is 2.72. The Morgan fingerprint density at radius 2 is 1.88 bits per heavy atom. The van der Waals surface area contributed by atoms with E-state index in [0.717, 1.165) is 13.1 Å². The van der Waals surface area contributed by atoms with Crippen molar-refractivity contribution in [3.05, 3.63) is 0 Å². The second-order valence-corrected chi connectivity index (χ2v) is 4.10. The van der Waals surface area contributed by atoms with Crippen LogP contribution in [0.5, 0.6) is 0 Å². The van der Waals surface area contributed by atoms with Gasteiger partial charge in [0.15, 0.2) is 0 Å². The zero-order valence-corrected chi connectivity index (χ0v) is 9.56. The minimum absolute atomic E-state index is 0.0297. The summed E-state index contributed by atoms with van der Waals surface area (Å²) in [5.41, 5.74) is 5.52. The number of carboxylic acids is 1. The molecule has 1 amide bonds. The van der Waals surface area contributed by atoms with Gasteiger partial charge in [0.25, 0.3) is 0 Å². The smallest absolute Gasteiger partial charge is 0.304 e. The van der Waals surface area contributed by atoms with Crippen LogP contribution in [0, 0.1) is 0 Å². The van der Waals surface area contributed by atoms with Crippen molar-refractivity contribution in [2.75, 3.05) is 32.7 Å². The maximum absolute atomic E-state index is 11.6. The first kappa shape index (κ1) is 12.9. The van der Waals surface area contributed by atoms with Crippen LogP contribution in [0.2, 0.25) is 0 Å². The number of carbonyl (C=O) groups is 2. The van der Waals surface area contributed by atoms with E-state index in [2.05, 4.69) is 4.90 Å². The zero-order chi connectivity index (χ0) is 12.1. The molecule has 0 saturated carbocycles. The summed E-state index contributed by atoms with van der Waals surface area (Å²) in [5.74, 6) is -0.813. The van der Waals surface area contributed by atoms with E-state index in [0.29, 0.717) is 19.6 Å². The summed E-state index contributed by atoms with van der Waals surface area (Å²) in [6, 6.07) is -0.453. The molecular formula is C10H19N3O3. The fraction of sp³-hybridized carbons (Fsp3) is 0.800. The normalized spacial score (nSPS) is 19.5. The summed E-state index contributed by atoms with van der Waals surface area (Å²) in [4.78, 5) is 25.7. The van der Waals surface area contributed by atoms with Crippen molar-refractivity contribution in [2.45, 2.75) is 19.4 Å². The molecule has 3 N–H and O–H groups in total. The van der Waals surface area contributed by atoms with E-state index < -0.39 is 12.0 Å². The Kier molecular flexibility index (Phi) is 4.70. The SMILES string of the molecule is C[C@@H](N)C(=O)N1CCN(CCC(=O)O)CC1. The minimum atomic E-state index is -0.783. The zero-order valence-electron chi connectivity index (χ0n) is 9.56. The number of aliphatic carboxylic acids is 1. The molecule has 0 aromatic heterocycles. The number of carbonyl (C=O) groups excluding carboxylic acids is 1. The van der Waals surface area contributed by atoms with Gasteiger partial charge in [0.1, 0.15) is 0 Å². The molecule has 16 heavy (non-hydrogen) atoms. The van der Waals surface area contributed by atoms with Gasteiger partial charge in [0.2, 0.25) is 5.91 Å². The summed E-state index contributed by atoms with van der Waals surface area (Å²) in [6.45, 7) is 4.96. The van der Waals surface area contributed by atoms with Gasteiger partial charge in [-0.15, -0.1) is 0 Å². The lowest BCUT2D eigenvalue weighted by atomic mass is 10.2. The molecule has 1 heterocycles. The number of hydrogen-bond acceptors (Lipinski definition) is 4. The highest BCUT2D eigenvalue weighted by molar-refractivity contribution is 5.81. The van der Waals surface area contributed by atoms with Crippen LogP contribution in [-0.2, 0) is 9.59 Å². The van der Waals surface area contributed by atoms with Crippen LogP contribution in [0.25, 0.3) is 0 Å². The van der Waals surface area contributed by atoms with E-state index >= 15 is 0 Å². The highest BCUT2D eigenvalue weighted by atomic mass is 16.4. The summed E-state index contributed by atoms with van der Waals surface area (Å²) in [7, 11) is 0. The minimum Gasteiger partial charge on any atom is -0.481 e. The predicted molar refractivity (Wildman–Crippen MR) is 58.9 cm³/mol. The van der Waals surface area contributed by atoms with Gasteiger partial charge in [-0.05, 0) is 6.92 Å². The highest BCUT2D eigenvalue weighted by Gasteiger charge is 2.22. The van der Waals surface area contributed by atoms with E-state index in [1.165, 1.54) is 0 Å². The standard InChI is InChI=1S/C10H19N3O3/c1-8(11)10(16)13-6-4-12(5-7-13)3-2-9(14)15/h8H,2-7,11H2,1H3,(H,14,15)/t8-/m1/s1. The van der Waals surface area contributed by atoms with Crippen LogP contribution >= 0.6 is 0 Å². The fourth-order valence-electron chi connectivity index (χ4n) is 1.73. The predicted octanol–water partition coefficient (Wildman–Crippen LogP) is -1.05. The van der Waals surface area contributed by atoms with Gasteiger partial charge < -0.3 is 15.7 Å². The third kappa shape index (κ3) is 3.79. The molecule has 92 valence electrons. The summed E-state index contributed by atoms with van der Waals surface area (Å²) < 4.78 is 0. The molecule has 1 saturated heterocycles. The Morgan fingerprint density at radius 1 is 1.31 bits per heavy atom. The maximum atomic E-state index is 11.6. The topological polar surface area (TPSA) is 86.9 Å². The number of piperazine rings is 1. The van der Waals surface area contributed by atoms with E-state index in [-0.39, 0.29) is 12.3 Å². The van der Waals surface area contributed by atoms with Crippen molar-refractivity contribution < 1.29 is 14.7 Å². The Hall–Kier alpha value is -1.14. The first-order valence-corrected chi connectivity index (χ1v) is 5.49. The van der Waals surface area contributed by atoms with Gasteiger partial charge in [-0.25, -0.2) is 0 Å². The van der Waals surface area contributed by atoms with Crippen molar-refractivity contribution in [2.24, 2.45) is 5.73 Å². The molecule has 0 bridgehead atoms. The fourth-order valence-corrected chi connectivity index (χ4v) is 1.73. The van der Waals surface area contributed by atoms with Crippen molar-refractivity contribution in [1.29, 1.82) is 0 Å². The number of nitrogens with two attached hydrogens (primary N) is 1. The second-order valence-electron chi connectivity index (χ2n) is 4.10. The van der Waals surface area contributed by atoms with Gasteiger partial charge in [0.05, 0.1) is 12.5 Å². The van der Waals surface area contributed by atoms with Crippen LogP contribution in [0.4, 0.5) is 0 Å². The van der Waals surface area contributed by atoms with Gasteiger partial charge in [-0.1, -0.05) is 0 Å². The lowest BCUT2D eigenvalue weighted by Gasteiger charge is -2.35. The van der Waals surface area contributed by atoms with Crippen LogP contribution in [0.3, 0.4) is 0 Å². The average molecular weight is 229 g/mol. The first-order chi connectivity index (χ1) is 7.50. The lowest BCUT2D eigenvalue weighted by Crippen LogP contribution is -2.52. The summed E-state index contributed by atoms with van der Waals surface area (Å²) in [6.07, 6.45) is 0.154. The van der Waals surface area contributed by atoms with Gasteiger partial charge in [-0.2, -0.15) is 0 Å². The van der Waals surface area contributed by atoms with Crippen molar-refractivity contribution in [3.8, 4) is 0 Å². The van der Waals surface area contributed by atoms with Crippen molar-refractivity contribution in [3.63, 3.8) is 0 Å². The number of hydrogen-bond donors (Lipinski definition) is 2. The average Bonchev–Trinajstić information content (AvgIpc) is 2.26. The molecule has 1 fully saturated rings. The second kappa shape index (κ2) is 5.81. The molecule has 0 radical (unpaired) electrons. The number of carboxylic acid groups (broad SMARTS) is 1. The Bertz CT molecular complexity index is 260. The summed E-state index contributed by atoms with van der Waals surface area (Å²) >= 11 is 0. The van der Waals surface area contributed by atoms with Gasteiger partial charge in [-0.3, -0.25) is 14.5 Å². The van der Waals surface area contributed by atoms with E-state index in [1.807, 2.05) is 0 Å². The molecule has 0 spiro atoms. The van der Waals surface area contributed by atoms with Crippen LogP contribution < -0.4 is 5.73 Å². The van der Waals surface area contributed by atoms with Gasteiger partial charge >= 0.3 is 5.97 Å². The van der Waals surface area contributed by atoms with Crippen molar-refractivity contribution >= 4 is 11.9 Å². The van der Waals surface area contributed by atoms with Gasteiger partial charge in [0, 0.05) is 32.7 Å². The summed E-state index contributed by atoms with van der Waals surface area (Å²) in [5, 5.41) is 8.55. The highest BCUT2D eigenvalue weighted by Crippen LogP contribution is 2.04. The van der Waals surface area contributed by atoms with Crippen LogP contribution in [0.1, 0.15) is 13.3 Å². The first-order valence-electron chi connectivity index (χ1n) is 5.49. The van der Waals surface area contributed by atoms with Crippen LogP contribution in [-0.4, -0.2) is 65.5 Å². The third-order valence-corrected chi connectivity index (χ3v) is 2.72. The maximum Gasteiger partial charge on any atom is 0.304 e. The molecule has 1 aliphatic rings. The van der Waals surface area contributed by atoms with Crippen LogP contribution in [0.15, 0.2) is 0 Å². The molecule has 1 aliphatic heterocycles. The monoisotopic (exact) mass is 229 g/mol. The molecule has 6 heteroatoms. The molecule has 0 aliphatic carbocycles. The molecule has 0 aromatic rings. The number of nitrogens with zero attached hydrogens (tertiary/aromatic N) is 2. The molecule has 1 rings (SSSR count). The molecule has 1 atom stereocenters.